The molecule has 2 heterocycles. The lowest BCUT2D eigenvalue weighted by atomic mass is 9.99. The Bertz CT molecular complexity index is 442. The van der Waals surface area contributed by atoms with Gasteiger partial charge in [0.25, 0.3) is 0 Å². The van der Waals surface area contributed by atoms with E-state index in [9.17, 15) is 19.4 Å². The van der Waals surface area contributed by atoms with Gasteiger partial charge >= 0.3 is 6.09 Å². The summed E-state index contributed by atoms with van der Waals surface area (Å²) in [5, 5.41) is 22.3. The van der Waals surface area contributed by atoms with Crippen LogP contribution in [0.15, 0.2) is 4.99 Å². The van der Waals surface area contributed by atoms with Crippen LogP contribution < -0.4 is 5.32 Å². The first-order chi connectivity index (χ1) is 9.71. The second kappa shape index (κ2) is 6.07. The Morgan fingerprint density at radius 1 is 1.48 bits per heavy atom. The summed E-state index contributed by atoms with van der Waals surface area (Å²) in [6.07, 6.45) is -4.36. The largest absolute Gasteiger partial charge is 0.444 e. The topological polar surface area (TPSA) is 100 Å². The first-order valence-corrected chi connectivity index (χ1v) is 7.41. The van der Waals surface area contributed by atoms with Crippen molar-refractivity contribution >= 4 is 23.0 Å². The molecular weight excluding hydrogens is 303 g/mol. The van der Waals surface area contributed by atoms with Gasteiger partial charge in [-0.15, -0.1) is 0 Å². The highest BCUT2D eigenvalue weighted by Crippen LogP contribution is 2.36. The number of aliphatic hydroxyl groups excluding tert-OH is 2. The maximum atomic E-state index is 12.7. The van der Waals surface area contributed by atoms with Crippen molar-refractivity contribution in [2.24, 2.45) is 4.99 Å². The lowest BCUT2D eigenvalue weighted by Gasteiger charge is -2.36. The summed E-state index contributed by atoms with van der Waals surface area (Å²) < 4.78 is 23.1. The van der Waals surface area contributed by atoms with Crippen LogP contribution in [0, 0.1) is 0 Å². The zero-order valence-corrected chi connectivity index (χ0v) is 12.8. The molecule has 0 aromatic rings. The maximum Gasteiger partial charge on any atom is 0.413 e. The van der Waals surface area contributed by atoms with E-state index in [1.165, 1.54) is 0 Å². The van der Waals surface area contributed by atoms with Crippen molar-refractivity contribution in [2.45, 2.75) is 56.2 Å². The number of hydrogen-bond donors (Lipinski definition) is 3. The summed E-state index contributed by atoms with van der Waals surface area (Å²) in [5.74, 6) is 0. The third kappa shape index (κ3) is 3.85. The van der Waals surface area contributed by atoms with Crippen LogP contribution in [0.3, 0.4) is 0 Å². The van der Waals surface area contributed by atoms with Crippen LogP contribution in [0.4, 0.5) is 9.18 Å². The molecule has 5 atom stereocenters. The number of thioether (sulfide) groups is 1. The number of nitrogens with zero attached hydrogens (tertiary/aromatic N) is 1. The predicted octanol–water partition coefficient (Wildman–Crippen LogP) is 0.399. The number of halogens is 1. The van der Waals surface area contributed by atoms with E-state index in [-0.39, 0.29) is 5.17 Å². The fraction of sp³-hybridized carbons (Fsp3) is 0.833. The van der Waals surface area contributed by atoms with Crippen molar-refractivity contribution in [3.8, 4) is 0 Å². The van der Waals surface area contributed by atoms with Gasteiger partial charge in [0.2, 0.25) is 0 Å². The van der Waals surface area contributed by atoms with Gasteiger partial charge in [0.05, 0.1) is 0 Å². The second-order valence-corrected chi connectivity index (χ2v) is 6.94. The summed E-state index contributed by atoms with van der Waals surface area (Å²) >= 11 is 1.05. The molecule has 1 amide bonds. The van der Waals surface area contributed by atoms with E-state index < -0.39 is 48.2 Å². The molecule has 2 aliphatic rings. The van der Waals surface area contributed by atoms with Crippen LogP contribution in [-0.2, 0) is 9.47 Å². The average molecular weight is 322 g/mol. The fourth-order valence-electron chi connectivity index (χ4n) is 2.01. The fourth-order valence-corrected chi connectivity index (χ4v) is 3.11. The number of alkyl halides is 1. The Labute approximate surface area is 125 Å². The number of nitrogens with one attached hydrogen (secondary N) is 1. The third-order valence-corrected chi connectivity index (χ3v) is 3.98. The molecule has 3 N–H and O–H groups in total. The highest BCUT2D eigenvalue weighted by atomic mass is 32.2. The highest BCUT2D eigenvalue weighted by molar-refractivity contribution is 8.14. The molecule has 0 aliphatic carbocycles. The Kier molecular flexibility index (Phi) is 4.76. The maximum absolute atomic E-state index is 12.7. The van der Waals surface area contributed by atoms with E-state index in [0.29, 0.717) is 0 Å². The lowest BCUT2D eigenvalue weighted by molar-refractivity contribution is -0.157. The summed E-state index contributed by atoms with van der Waals surface area (Å²) in [5.41, 5.74) is -1.29. The van der Waals surface area contributed by atoms with Crippen LogP contribution in [0.2, 0.25) is 0 Å². The van der Waals surface area contributed by atoms with E-state index in [1.807, 2.05) is 0 Å². The molecule has 1 saturated heterocycles. The number of amides is 1. The van der Waals surface area contributed by atoms with Crippen molar-refractivity contribution in [1.82, 2.24) is 5.32 Å². The summed E-state index contributed by atoms with van der Waals surface area (Å²) in [4.78, 5) is 15.7. The van der Waals surface area contributed by atoms with E-state index in [1.54, 1.807) is 20.8 Å². The number of hydrogen-bond acceptors (Lipinski definition) is 7. The van der Waals surface area contributed by atoms with Gasteiger partial charge in [-0.3, -0.25) is 10.3 Å². The van der Waals surface area contributed by atoms with Crippen LogP contribution in [0.25, 0.3) is 0 Å². The molecule has 0 aromatic heterocycles. The number of carbonyl (C=O) groups excluding carboxylic acids is 1. The lowest BCUT2D eigenvalue weighted by Crippen LogP contribution is -2.55. The van der Waals surface area contributed by atoms with Gasteiger partial charge in [0, 0.05) is 0 Å². The van der Waals surface area contributed by atoms with E-state index >= 15 is 0 Å². The Morgan fingerprint density at radius 2 is 2.14 bits per heavy atom. The minimum absolute atomic E-state index is 0.213. The summed E-state index contributed by atoms with van der Waals surface area (Å²) in [6.45, 7) is 4.28. The normalized spacial score (nSPS) is 35.9. The molecule has 0 aromatic carbocycles. The number of ether oxygens (including phenoxy) is 2. The van der Waals surface area contributed by atoms with Crippen LogP contribution >= 0.6 is 11.8 Å². The Hall–Kier alpha value is -0.900. The third-order valence-electron chi connectivity index (χ3n) is 2.92. The molecule has 0 radical (unpaired) electrons. The molecule has 2 aliphatic heterocycles. The number of alkyl carbamates (subject to hydrolysis) is 1. The van der Waals surface area contributed by atoms with Crippen molar-refractivity contribution in [3.63, 3.8) is 0 Å². The van der Waals surface area contributed by atoms with Crippen LogP contribution in [0.1, 0.15) is 20.8 Å². The molecule has 9 heteroatoms. The minimum atomic E-state index is -1.35. The molecule has 0 unspecified atom stereocenters. The van der Waals surface area contributed by atoms with Gasteiger partial charge in [0.15, 0.2) is 5.17 Å². The first kappa shape index (κ1) is 16.5. The van der Waals surface area contributed by atoms with Crippen molar-refractivity contribution in [3.05, 3.63) is 0 Å². The summed E-state index contributed by atoms with van der Waals surface area (Å²) in [7, 11) is 0. The molecule has 0 spiro atoms. The van der Waals surface area contributed by atoms with E-state index in [4.69, 9.17) is 9.47 Å². The molecule has 21 heavy (non-hydrogen) atoms. The van der Waals surface area contributed by atoms with Crippen molar-refractivity contribution in [1.29, 1.82) is 0 Å². The van der Waals surface area contributed by atoms with E-state index in [0.717, 1.165) is 11.8 Å². The molecule has 7 nitrogen and oxygen atoms in total. The summed E-state index contributed by atoms with van der Waals surface area (Å²) in [6, 6.07) is -0.752. The van der Waals surface area contributed by atoms with Gasteiger partial charge in [-0.05, 0) is 20.8 Å². The zero-order chi connectivity index (χ0) is 15.8. The zero-order valence-electron chi connectivity index (χ0n) is 11.9. The smallest absolute Gasteiger partial charge is 0.413 e. The molecule has 1 fully saturated rings. The second-order valence-electron chi connectivity index (χ2n) is 5.85. The van der Waals surface area contributed by atoms with Crippen molar-refractivity contribution in [2.75, 3.05) is 6.67 Å². The molecule has 120 valence electrons. The number of carbonyl (C=O) groups is 1. The highest BCUT2D eigenvalue weighted by Gasteiger charge is 2.48. The SMILES string of the molecule is CC(C)(C)OC(=O)NC1=N[C@@H]2[C@@H](O)[C@H](O)[C@@H](CF)O[C@@H]2S1. The van der Waals surface area contributed by atoms with Crippen molar-refractivity contribution < 1.29 is 28.9 Å². The number of rotatable bonds is 1. The Balaban J connectivity index is 1.99. The quantitative estimate of drug-likeness (QED) is 0.646. The average Bonchev–Trinajstić information content (AvgIpc) is 2.74. The Morgan fingerprint density at radius 3 is 2.71 bits per heavy atom. The minimum Gasteiger partial charge on any atom is -0.444 e. The van der Waals surface area contributed by atoms with Crippen LogP contribution in [-0.4, -0.2) is 63.5 Å². The van der Waals surface area contributed by atoms with Gasteiger partial charge in [-0.1, -0.05) is 11.8 Å². The predicted molar refractivity (Wildman–Crippen MR) is 74.8 cm³/mol. The molecule has 2 rings (SSSR count). The van der Waals surface area contributed by atoms with Gasteiger partial charge in [-0.2, -0.15) is 0 Å². The monoisotopic (exact) mass is 322 g/mol. The molecule has 0 saturated carbocycles. The molecule has 0 bridgehead atoms. The van der Waals surface area contributed by atoms with Gasteiger partial charge in [-0.25, -0.2) is 9.18 Å². The standard InChI is InChI=1S/C12H19FN2O5S/c1-12(2,3)20-11(18)15-10-14-6-8(17)7(16)5(4-13)19-9(6)21-10/h5-9,16-17H,4H2,1-3H3,(H,14,15,18)/t5-,6-,7-,8-,9-/m1/s1. The number of fused-ring (bicyclic) bond motifs is 1. The number of aliphatic imine (C=N–C) groups is 1. The van der Waals surface area contributed by atoms with Gasteiger partial charge < -0.3 is 19.7 Å². The van der Waals surface area contributed by atoms with Crippen LogP contribution in [0.5, 0.6) is 0 Å². The number of amidine groups is 1. The van der Waals surface area contributed by atoms with E-state index in [2.05, 4.69) is 10.3 Å². The van der Waals surface area contributed by atoms with Gasteiger partial charge in [0.1, 0.15) is 42.1 Å². The first-order valence-electron chi connectivity index (χ1n) is 6.53. The molecular formula is C12H19FN2O5S. The number of aliphatic hydroxyl groups is 2.